The standard InChI is InChI=1S/C15H21NO6S/c17-14(18)9-4-2-1-3-5-10-16-15(19)12-7-6-8-13(11-12)23(20,21)22/h6-8,11H,1-5,9-10H2,(H,16,19)(H,17,18)(H,20,21,22). The third-order valence-electron chi connectivity index (χ3n) is 3.25. The van der Waals surface area contributed by atoms with Gasteiger partial charge in [-0.25, -0.2) is 0 Å². The van der Waals surface area contributed by atoms with Gasteiger partial charge in [0.05, 0.1) is 4.90 Å². The molecule has 8 heteroatoms. The van der Waals surface area contributed by atoms with E-state index >= 15 is 0 Å². The lowest BCUT2D eigenvalue weighted by atomic mass is 10.1. The molecule has 0 atom stereocenters. The van der Waals surface area contributed by atoms with Crippen LogP contribution < -0.4 is 5.32 Å². The summed E-state index contributed by atoms with van der Waals surface area (Å²) in [5, 5.41) is 11.2. The van der Waals surface area contributed by atoms with Crippen LogP contribution in [0, 0.1) is 0 Å². The Hall–Kier alpha value is -1.93. The van der Waals surface area contributed by atoms with Gasteiger partial charge < -0.3 is 10.4 Å². The van der Waals surface area contributed by atoms with E-state index in [9.17, 15) is 18.0 Å². The van der Waals surface area contributed by atoms with Crippen LogP contribution in [0.1, 0.15) is 48.9 Å². The molecule has 0 unspecified atom stereocenters. The lowest BCUT2D eigenvalue weighted by Gasteiger charge is -2.06. The summed E-state index contributed by atoms with van der Waals surface area (Å²) in [6.45, 7) is 0.452. The second-order valence-electron chi connectivity index (χ2n) is 5.17. The van der Waals surface area contributed by atoms with Crippen LogP contribution in [-0.4, -0.2) is 36.5 Å². The number of amides is 1. The molecule has 0 aromatic heterocycles. The molecule has 23 heavy (non-hydrogen) atoms. The van der Waals surface area contributed by atoms with Crippen LogP contribution in [0.15, 0.2) is 29.2 Å². The van der Waals surface area contributed by atoms with Crippen LogP contribution in [0.2, 0.25) is 0 Å². The molecular weight excluding hydrogens is 322 g/mol. The highest BCUT2D eigenvalue weighted by molar-refractivity contribution is 7.85. The molecule has 0 heterocycles. The quantitative estimate of drug-likeness (QED) is 0.442. The van der Waals surface area contributed by atoms with E-state index in [1.807, 2.05) is 0 Å². The summed E-state index contributed by atoms with van der Waals surface area (Å²) in [4.78, 5) is 21.9. The van der Waals surface area contributed by atoms with Crippen molar-refractivity contribution in [2.24, 2.45) is 0 Å². The van der Waals surface area contributed by atoms with E-state index in [1.165, 1.54) is 18.2 Å². The van der Waals surface area contributed by atoms with Crippen molar-refractivity contribution >= 4 is 22.0 Å². The molecule has 7 nitrogen and oxygen atoms in total. The third-order valence-corrected chi connectivity index (χ3v) is 4.10. The number of rotatable bonds is 10. The number of carboxylic acid groups (broad SMARTS) is 1. The summed E-state index contributed by atoms with van der Waals surface area (Å²) < 4.78 is 31.0. The van der Waals surface area contributed by atoms with E-state index < -0.39 is 22.0 Å². The zero-order chi connectivity index (χ0) is 17.3. The Morgan fingerprint density at radius 2 is 1.70 bits per heavy atom. The summed E-state index contributed by atoms with van der Waals surface area (Å²) >= 11 is 0. The van der Waals surface area contributed by atoms with Gasteiger partial charge in [-0.2, -0.15) is 8.42 Å². The number of nitrogens with one attached hydrogen (secondary N) is 1. The maximum atomic E-state index is 11.9. The zero-order valence-corrected chi connectivity index (χ0v) is 13.5. The van der Waals surface area contributed by atoms with Crippen LogP contribution >= 0.6 is 0 Å². The minimum absolute atomic E-state index is 0.168. The first-order valence-corrected chi connectivity index (χ1v) is 8.82. The molecule has 128 valence electrons. The number of hydrogen-bond donors (Lipinski definition) is 3. The van der Waals surface area contributed by atoms with Crippen LogP contribution in [0.5, 0.6) is 0 Å². The van der Waals surface area contributed by atoms with Crippen LogP contribution in [0.3, 0.4) is 0 Å². The van der Waals surface area contributed by atoms with Crippen molar-refractivity contribution in [1.82, 2.24) is 5.32 Å². The Morgan fingerprint density at radius 3 is 2.35 bits per heavy atom. The molecule has 0 saturated carbocycles. The zero-order valence-electron chi connectivity index (χ0n) is 12.7. The first kappa shape index (κ1) is 19.1. The summed E-state index contributed by atoms with van der Waals surface area (Å²) in [6, 6.07) is 5.19. The van der Waals surface area contributed by atoms with E-state index in [4.69, 9.17) is 9.66 Å². The Bertz CT molecular complexity index is 641. The molecule has 0 radical (unpaired) electrons. The first-order valence-electron chi connectivity index (χ1n) is 7.38. The highest BCUT2D eigenvalue weighted by Gasteiger charge is 2.12. The van der Waals surface area contributed by atoms with E-state index in [0.717, 1.165) is 31.7 Å². The van der Waals surface area contributed by atoms with Crippen molar-refractivity contribution in [2.45, 2.75) is 43.4 Å². The molecule has 0 spiro atoms. The molecule has 0 fully saturated rings. The second kappa shape index (κ2) is 9.26. The SMILES string of the molecule is O=C(O)CCCCCCCNC(=O)c1cccc(S(=O)(=O)O)c1. The predicted octanol–water partition coefficient (Wildman–Crippen LogP) is 2.09. The molecule has 3 N–H and O–H groups in total. The Balaban J connectivity index is 2.28. The van der Waals surface area contributed by atoms with Gasteiger partial charge in [0.25, 0.3) is 16.0 Å². The monoisotopic (exact) mass is 343 g/mol. The number of benzene rings is 1. The largest absolute Gasteiger partial charge is 0.481 e. The topological polar surface area (TPSA) is 121 Å². The minimum Gasteiger partial charge on any atom is -0.481 e. The highest BCUT2D eigenvalue weighted by Crippen LogP contribution is 2.11. The maximum absolute atomic E-state index is 11.9. The first-order chi connectivity index (χ1) is 10.8. The predicted molar refractivity (Wildman–Crippen MR) is 83.9 cm³/mol. The van der Waals surface area contributed by atoms with Crippen molar-refractivity contribution < 1.29 is 27.7 Å². The van der Waals surface area contributed by atoms with Crippen molar-refractivity contribution in [3.05, 3.63) is 29.8 Å². The van der Waals surface area contributed by atoms with Gasteiger partial charge in [0, 0.05) is 18.5 Å². The Kier molecular flexibility index (Phi) is 7.70. The maximum Gasteiger partial charge on any atom is 0.303 e. The molecule has 1 aromatic rings. The number of hydrogen-bond acceptors (Lipinski definition) is 4. The van der Waals surface area contributed by atoms with E-state index in [1.54, 1.807) is 0 Å². The summed E-state index contributed by atoms with van der Waals surface area (Å²) in [5.41, 5.74) is 0.168. The fourth-order valence-electron chi connectivity index (χ4n) is 2.03. The van der Waals surface area contributed by atoms with Gasteiger partial charge >= 0.3 is 5.97 Å². The molecule has 1 amide bonds. The molecular formula is C15H21NO6S. The molecule has 0 bridgehead atoms. The van der Waals surface area contributed by atoms with Gasteiger partial charge in [0.15, 0.2) is 0 Å². The fraction of sp³-hybridized carbons (Fsp3) is 0.467. The molecule has 1 rings (SSSR count). The summed E-state index contributed by atoms with van der Waals surface area (Å²) in [6.07, 6.45) is 4.23. The summed E-state index contributed by atoms with van der Waals surface area (Å²) in [5.74, 6) is -1.19. The van der Waals surface area contributed by atoms with Gasteiger partial charge in [0.1, 0.15) is 0 Å². The molecule has 0 aliphatic heterocycles. The van der Waals surface area contributed by atoms with Gasteiger partial charge in [-0.1, -0.05) is 25.3 Å². The van der Waals surface area contributed by atoms with Crippen molar-refractivity contribution in [3.8, 4) is 0 Å². The van der Waals surface area contributed by atoms with Crippen LogP contribution in [0.4, 0.5) is 0 Å². The van der Waals surface area contributed by atoms with E-state index in [-0.39, 0.29) is 16.9 Å². The normalized spacial score (nSPS) is 11.2. The van der Waals surface area contributed by atoms with Crippen LogP contribution in [-0.2, 0) is 14.9 Å². The molecule has 0 aliphatic rings. The molecule has 0 saturated heterocycles. The Morgan fingerprint density at radius 1 is 1.04 bits per heavy atom. The van der Waals surface area contributed by atoms with Crippen molar-refractivity contribution in [1.29, 1.82) is 0 Å². The van der Waals surface area contributed by atoms with Crippen molar-refractivity contribution in [3.63, 3.8) is 0 Å². The van der Waals surface area contributed by atoms with Gasteiger partial charge in [0.2, 0.25) is 0 Å². The summed E-state index contributed by atoms with van der Waals surface area (Å²) in [7, 11) is -4.32. The number of carboxylic acids is 1. The number of carbonyl (C=O) groups is 2. The van der Waals surface area contributed by atoms with Gasteiger partial charge in [-0.05, 0) is 31.0 Å². The smallest absolute Gasteiger partial charge is 0.303 e. The molecule has 0 aliphatic carbocycles. The van der Waals surface area contributed by atoms with E-state index in [2.05, 4.69) is 5.32 Å². The van der Waals surface area contributed by atoms with E-state index in [0.29, 0.717) is 13.0 Å². The highest BCUT2D eigenvalue weighted by atomic mass is 32.2. The number of aliphatic carboxylic acids is 1. The third kappa shape index (κ3) is 7.75. The number of carbonyl (C=O) groups excluding carboxylic acids is 1. The number of unbranched alkanes of at least 4 members (excludes halogenated alkanes) is 4. The van der Waals surface area contributed by atoms with Gasteiger partial charge in [-0.15, -0.1) is 0 Å². The Labute approximate surface area is 135 Å². The average molecular weight is 343 g/mol. The minimum atomic E-state index is -4.32. The second-order valence-corrected chi connectivity index (χ2v) is 6.59. The lowest BCUT2D eigenvalue weighted by molar-refractivity contribution is -0.137. The van der Waals surface area contributed by atoms with Crippen LogP contribution in [0.25, 0.3) is 0 Å². The average Bonchev–Trinajstić information content (AvgIpc) is 2.48. The molecule has 1 aromatic carbocycles. The van der Waals surface area contributed by atoms with Gasteiger partial charge in [-0.3, -0.25) is 14.1 Å². The lowest BCUT2D eigenvalue weighted by Crippen LogP contribution is -2.24. The fourth-order valence-corrected chi connectivity index (χ4v) is 2.56. The van der Waals surface area contributed by atoms with Crippen molar-refractivity contribution in [2.75, 3.05) is 6.54 Å².